The lowest BCUT2D eigenvalue weighted by molar-refractivity contribution is 0.212. The number of rotatable bonds is 3. The predicted octanol–water partition coefficient (Wildman–Crippen LogP) is 3.81. The Bertz CT molecular complexity index is 1080. The van der Waals surface area contributed by atoms with Gasteiger partial charge in [0.15, 0.2) is 5.82 Å². The van der Waals surface area contributed by atoms with Gasteiger partial charge in [0, 0.05) is 13.1 Å². The van der Waals surface area contributed by atoms with E-state index in [0.29, 0.717) is 30.5 Å². The molecule has 0 bridgehead atoms. The molecule has 31 heavy (non-hydrogen) atoms. The van der Waals surface area contributed by atoms with Crippen LogP contribution in [0.1, 0.15) is 35.4 Å². The molecular formula is C24H28N6O. The van der Waals surface area contributed by atoms with Crippen LogP contribution in [0.3, 0.4) is 0 Å². The Morgan fingerprint density at radius 3 is 2.58 bits per heavy atom. The number of likely N-dealkylation sites (tertiary alicyclic amines) is 1. The zero-order chi connectivity index (χ0) is 21.4. The maximum Gasteiger partial charge on any atom is 0.323 e. The van der Waals surface area contributed by atoms with Gasteiger partial charge in [0.05, 0.1) is 17.6 Å². The zero-order valence-electron chi connectivity index (χ0n) is 17.8. The lowest BCUT2D eigenvalue weighted by atomic mass is 9.88. The van der Waals surface area contributed by atoms with E-state index in [0.717, 1.165) is 18.8 Å². The van der Waals surface area contributed by atoms with E-state index in [1.165, 1.54) is 29.5 Å². The average Bonchev–Trinajstić information content (AvgIpc) is 3.38. The topological polar surface area (TPSA) is 79.4 Å². The summed E-state index contributed by atoms with van der Waals surface area (Å²) >= 11 is 0. The number of nitrogen functional groups attached to an aromatic ring is 1. The molecule has 1 saturated heterocycles. The fraction of sp³-hybridized carbons (Fsp3) is 0.333. The molecule has 2 aliphatic rings. The number of para-hydroxylation sites is 1. The lowest BCUT2D eigenvalue weighted by Crippen LogP contribution is -2.30. The second-order valence-electron chi connectivity index (χ2n) is 8.61. The van der Waals surface area contributed by atoms with Crippen LogP contribution >= 0.6 is 0 Å². The van der Waals surface area contributed by atoms with E-state index in [4.69, 9.17) is 5.73 Å². The summed E-state index contributed by atoms with van der Waals surface area (Å²) in [7, 11) is 2.19. The quantitative estimate of drug-likeness (QED) is 0.680. The number of aromatic nitrogens is 2. The van der Waals surface area contributed by atoms with E-state index in [2.05, 4.69) is 40.6 Å². The number of amides is 2. The summed E-state index contributed by atoms with van der Waals surface area (Å²) in [5, 5.41) is 7.34. The third kappa shape index (κ3) is 4.01. The SMILES string of the molecule is CN1CCC(c2ccc3c(c2)CN(C(=O)Nc2nn(-c4ccccc4)cc2N)C3)CC1. The average molecular weight is 417 g/mol. The fourth-order valence-electron chi connectivity index (χ4n) is 4.53. The molecule has 3 aromatic rings. The van der Waals surface area contributed by atoms with Gasteiger partial charge in [-0.1, -0.05) is 36.4 Å². The summed E-state index contributed by atoms with van der Waals surface area (Å²) in [6.07, 6.45) is 4.11. The number of fused-ring (bicyclic) bond motifs is 1. The Kier molecular flexibility index (Phi) is 5.11. The maximum atomic E-state index is 12.9. The number of hydrogen-bond donors (Lipinski definition) is 2. The Labute approximate surface area is 182 Å². The highest BCUT2D eigenvalue weighted by atomic mass is 16.2. The number of carbonyl (C=O) groups excluding carboxylic acids is 1. The van der Waals surface area contributed by atoms with Crippen molar-refractivity contribution in [3.63, 3.8) is 0 Å². The number of hydrogen-bond acceptors (Lipinski definition) is 4. The molecule has 0 radical (unpaired) electrons. The smallest absolute Gasteiger partial charge is 0.323 e. The summed E-state index contributed by atoms with van der Waals surface area (Å²) in [6.45, 7) is 3.51. The summed E-state index contributed by atoms with van der Waals surface area (Å²) in [5.74, 6) is 1.00. The standard InChI is InChI=1S/C24H28N6O/c1-28-11-9-17(10-12-28)18-7-8-19-14-29(15-20(19)13-18)24(31)26-23-22(25)16-30(27-23)21-5-3-2-4-6-21/h2-8,13,16-17H,9-12,14-15,25H2,1H3,(H,26,27,31). The minimum atomic E-state index is -0.179. The van der Waals surface area contributed by atoms with Crippen LogP contribution in [0.15, 0.2) is 54.7 Å². The van der Waals surface area contributed by atoms with Crippen molar-refractivity contribution in [2.75, 3.05) is 31.2 Å². The van der Waals surface area contributed by atoms with Crippen molar-refractivity contribution < 1.29 is 4.79 Å². The number of nitrogens with zero attached hydrogens (tertiary/aromatic N) is 4. The Morgan fingerprint density at radius 2 is 1.81 bits per heavy atom. The van der Waals surface area contributed by atoms with Gasteiger partial charge in [-0.2, -0.15) is 0 Å². The van der Waals surface area contributed by atoms with Gasteiger partial charge in [0.25, 0.3) is 0 Å². The molecule has 2 aliphatic heterocycles. The molecule has 2 amide bonds. The minimum absolute atomic E-state index is 0.179. The van der Waals surface area contributed by atoms with E-state index in [1.807, 2.05) is 35.2 Å². The van der Waals surface area contributed by atoms with Crippen molar-refractivity contribution in [3.05, 3.63) is 71.4 Å². The van der Waals surface area contributed by atoms with E-state index in [-0.39, 0.29) is 6.03 Å². The summed E-state index contributed by atoms with van der Waals surface area (Å²) in [4.78, 5) is 17.1. The molecule has 3 N–H and O–H groups in total. The molecule has 3 heterocycles. The van der Waals surface area contributed by atoms with E-state index >= 15 is 0 Å². The number of nitrogens with one attached hydrogen (secondary N) is 1. The molecule has 5 rings (SSSR count). The fourth-order valence-corrected chi connectivity index (χ4v) is 4.53. The second-order valence-corrected chi connectivity index (χ2v) is 8.61. The van der Waals surface area contributed by atoms with Crippen LogP contribution in [0.2, 0.25) is 0 Å². The molecule has 0 spiro atoms. The second kappa shape index (κ2) is 8.07. The molecule has 0 aliphatic carbocycles. The highest BCUT2D eigenvalue weighted by Crippen LogP contribution is 2.32. The number of anilines is 2. The van der Waals surface area contributed by atoms with Crippen LogP contribution < -0.4 is 11.1 Å². The molecule has 0 unspecified atom stereocenters. The first-order valence-electron chi connectivity index (χ1n) is 10.8. The first-order valence-corrected chi connectivity index (χ1v) is 10.8. The van der Waals surface area contributed by atoms with E-state index in [9.17, 15) is 4.79 Å². The van der Waals surface area contributed by atoms with Crippen LogP contribution in [0, 0.1) is 0 Å². The van der Waals surface area contributed by atoms with Crippen molar-refractivity contribution in [1.82, 2.24) is 19.6 Å². The van der Waals surface area contributed by atoms with Crippen molar-refractivity contribution in [2.45, 2.75) is 31.8 Å². The van der Waals surface area contributed by atoms with Gasteiger partial charge in [0.2, 0.25) is 0 Å². The highest BCUT2D eigenvalue weighted by molar-refractivity contribution is 5.91. The van der Waals surface area contributed by atoms with Gasteiger partial charge in [-0.15, -0.1) is 5.10 Å². The van der Waals surface area contributed by atoms with Gasteiger partial charge in [-0.3, -0.25) is 5.32 Å². The lowest BCUT2D eigenvalue weighted by Gasteiger charge is -2.29. The molecule has 1 aromatic heterocycles. The van der Waals surface area contributed by atoms with Gasteiger partial charge in [-0.25, -0.2) is 9.48 Å². The van der Waals surface area contributed by atoms with Crippen LogP contribution in [0.5, 0.6) is 0 Å². The zero-order valence-corrected chi connectivity index (χ0v) is 17.8. The van der Waals surface area contributed by atoms with Crippen LogP contribution in [0.25, 0.3) is 5.69 Å². The molecule has 1 fully saturated rings. The number of benzene rings is 2. The normalized spacial score (nSPS) is 17.0. The number of nitrogens with two attached hydrogens (primary N) is 1. The van der Waals surface area contributed by atoms with Crippen molar-refractivity contribution in [3.8, 4) is 5.69 Å². The van der Waals surface area contributed by atoms with Gasteiger partial charge < -0.3 is 15.5 Å². The Morgan fingerprint density at radius 1 is 1.06 bits per heavy atom. The molecule has 0 saturated carbocycles. The molecule has 7 nitrogen and oxygen atoms in total. The molecule has 0 atom stereocenters. The Hall–Kier alpha value is -3.32. The van der Waals surface area contributed by atoms with Gasteiger partial charge >= 0.3 is 6.03 Å². The summed E-state index contributed by atoms with van der Waals surface area (Å²) in [6, 6.07) is 16.3. The van der Waals surface area contributed by atoms with E-state index < -0.39 is 0 Å². The molecule has 160 valence electrons. The first kappa shape index (κ1) is 19.6. The van der Waals surface area contributed by atoms with Gasteiger partial charge in [-0.05, 0) is 67.7 Å². The number of carbonyl (C=O) groups is 1. The van der Waals surface area contributed by atoms with Crippen molar-refractivity contribution >= 4 is 17.5 Å². The number of urea groups is 1. The molecule has 7 heteroatoms. The van der Waals surface area contributed by atoms with Crippen LogP contribution in [0.4, 0.5) is 16.3 Å². The van der Waals surface area contributed by atoms with Crippen molar-refractivity contribution in [2.24, 2.45) is 0 Å². The monoisotopic (exact) mass is 416 g/mol. The predicted molar refractivity (Wildman–Crippen MR) is 122 cm³/mol. The third-order valence-electron chi connectivity index (χ3n) is 6.42. The third-order valence-corrected chi connectivity index (χ3v) is 6.42. The summed E-state index contributed by atoms with van der Waals surface area (Å²) < 4.78 is 1.68. The summed E-state index contributed by atoms with van der Waals surface area (Å²) in [5.41, 5.74) is 11.3. The Balaban J connectivity index is 1.26. The number of piperidine rings is 1. The maximum absolute atomic E-state index is 12.9. The highest BCUT2D eigenvalue weighted by Gasteiger charge is 2.26. The van der Waals surface area contributed by atoms with E-state index in [1.54, 1.807) is 10.9 Å². The van der Waals surface area contributed by atoms with Crippen LogP contribution in [-0.2, 0) is 13.1 Å². The van der Waals surface area contributed by atoms with Gasteiger partial charge in [0.1, 0.15) is 0 Å². The van der Waals surface area contributed by atoms with Crippen molar-refractivity contribution in [1.29, 1.82) is 0 Å². The molecule has 2 aromatic carbocycles. The largest absolute Gasteiger partial charge is 0.394 e. The van der Waals surface area contributed by atoms with Crippen LogP contribution in [-0.4, -0.2) is 45.7 Å². The minimum Gasteiger partial charge on any atom is -0.394 e. The first-order chi connectivity index (χ1) is 15.1. The molecular weight excluding hydrogens is 388 g/mol.